The van der Waals surface area contributed by atoms with E-state index in [1.54, 1.807) is 7.11 Å². The molecular weight excluding hydrogens is 228 g/mol. The summed E-state index contributed by atoms with van der Waals surface area (Å²) in [4.78, 5) is 12.0. The molecule has 1 atom stereocenters. The van der Waals surface area contributed by atoms with Gasteiger partial charge in [0.25, 0.3) is 0 Å². The van der Waals surface area contributed by atoms with E-state index in [1.807, 2.05) is 45.9 Å². The monoisotopic (exact) mass is 250 g/mol. The maximum absolute atomic E-state index is 12.0. The number of anilines is 1. The van der Waals surface area contributed by atoms with Crippen molar-refractivity contribution in [2.45, 2.75) is 33.7 Å². The topological polar surface area (TPSA) is 64.3 Å². The van der Waals surface area contributed by atoms with E-state index in [2.05, 4.69) is 5.32 Å². The smallest absolute Gasteiger partial charge is 0.241 e. The van der Waals surface area contributed by atoms with E-state index < -0.39 is 6.04 Å². The van der Waals surface area contributed by atoms with Gasteiger partial charge in [0.15, 0.2) is 0 Å². The molecule has 0 saturated heterocycles. The maximum Gasteiger partial charge on any atom is 0.241 e. The molecule has 0 aliphatic rings. The van der Waals surface area contributed by atoms with Gasteiger partial charge in [-0.05, 0) is 30.0 Å². The standard InChI is InChI=1S/C14H22N2O2/c1-9-6-7-10(11(8-9)18-5)16-13(17)12(15)14(2,3)4/h6-8,12H,15H2,1-5H3,(H,16,17)/t12-/m0/s1. The summed E-state index contributed by atoms with van der Waals surface area (Å²) < 4.78 is 5.24. The summed E-state index contributed by atoms with van der Waals surface area (Å²) >= 11 is 0. The second-order valence-corrected chi connectivity index (χ2v) is 5.54. The number of hydrogen-bond acceptors (Lipinski definition) is 3. The first-order valence-electron chi connectivity index (χ1n) is 5.97. The van der Waals surface area contributed by atoms with Crippen LogP contribution in [0.2, 0.25) is 0 Å². The highest BCUT2D eigenvalue weighted by Gasteiger charge is 2.27. The molecule has 0 aliphatic heterocycles. The normalized spacial score (nSPS) is 13.0. The molecule has 0 aromatic heterocycles. The summed E-state index contributed by atoms with van der Waals surface area (Å²) in [5.41, 5.74) is 7.36. The number of amides is 1. The summed E-state index contributed by atoms with van der Waals surface area (Å²) in [6, 6.07) is 5.05. The first-order chi connectivity index (χ1) is 8.25. The number of benzene rings is 1. The molecule has 1 aromatic carbocycles. The minimum Gasteiger partial charge on any atom is -0.495 e. The molecule has 1 aromatic rings. The highest BCUT2D eigenvalue weighted by atomic mass is 16.5. The second kappa shape index (κ2) is 5.40. The molecule has 0 saturated carbocycles. The molecule has 100 valence electrons. The number of carbonyl (C=O) groups is 1. The van der Waals surface area contributed by atoms with E-state index in [1.165, 1.54) is 0 Å². The lowest BCUT2D eigenvalue weighted by atomic mass is 9.87. The van der Waals surface area contributed by atoms with Crippen molar-refractivity contribution in [2.75, 3.05) is 12.4 Å². The summed E-state index contributed by atoms with van der Waals surface area (Å²) in [6.07, 6.45) is 0. The first-order valence-corrected chi connectivity index (χ1v) is 5.97. The van der Waals surface area contributed by atoms with Crippen molar-refractivity contribution in [3.8, 4) is 5.75 Å². The molecule has 0 spiro atoms. The zero-order valence-corrected chi connectivity index (χ0v) is 11.7. The Morgan fingerprint density at radius 1 is 1.39 bits per heavy atom. The fraction of sp³-hybridized carbons (Fsp3) is 0.500. The molecule has 0 aliphatic carbocycles. The van der Waals surface area contributed by atoms with Gasteiger partial charge in [-0.3, -0.25) is 4.79 Å². The van der Waals surface area contributed by atoms with Crippen molar-refractivity contribution >= 4 is 11.6 Å². The van der Waals surface area contributed by atoms with Crippen molar-refractivity contribution in [3.05, 3.63) is 23.8 Å². The minimum atomic E-state index is -0.566. The predicted octanol–water partition coefficient (Wildman–Crippen LogP) is 2.32. The van der Waals surface area contributed by atoms with Crippen molar-refractivity contribution in [1.29, 1.82) is 0 Å². The Kier molecular flexibility index (Phi) is 4.35. The SMILES string of the molecule is COc1cc(C)ccc1NC(=O)[C@H](N)C(C)(C)C. The number of methoxy groups -OCH3 is 1. The van der Waals surface area contributed by atoms with Gasteiger partial charge in [0.05, 0.1) is 18.8 Å². The quantitative estimate of drug-likeness (QED) is 0.865. The number of rotatable bonds is 3. The lowest BCUT2D eigenvalue weighted by Gasteiger charge is -2.26. The van der Waals surface area contributed by atoms with Crippen LogP contribution >= 0.6 is 0 Å². The van der Waals surface area contributed by atoms with E-state index >= 15 is 0 Å². The summed E-state index contributed by atoms with van der Waals surface area (Å²) in [6.45, 7) is 7.77. The van der Waals surface area contributed by atoms with Crippen LogP contribution < -0.4 is 15.8 Å². The number of carbonyl (C=O) groups excluding carboxylic acids is 1. The number of hydrogen-bond donors (Lipinski definition) is 2. The molecule has 4 nitrogen and oxygen atoms in total. The number of aryl methyl sites for hydroxylation is 1. The van der Waals surface area contributed by atoms with E-state index in [-0.39, 0.29) is 11.3 Å². The van der Waals surface area contributed by atoms with Crippen LogP contribution in [-0.4, -0.2) is 19.1 Å². The first kappa shape index (κ1) is 14.5. The van der Waals surface area contributed by atoms with Crippen molar-refractivity contribution in [3.63, 3.8) is 0 Å². The van der Waals surface area contributed by atoms with Crippen LogP contribution in [-0.2, 0) is 4.79 Å². The van der Waals surface area contributed by atoms with Gasteiger partial charge >= 0.3 is 0 Å². The van der Waals surface area contributed by atoms with Crippen LogP contribution in [0.3, 0.4) is 0 Å². The Bertz CT molecular complexity index is 436. The summed E-state index contributed by atoms with van der Waals surface area (Å²) in [7, 11) is 1.58. The van der Waals surface area contributed by atoms with Gasteiger partial charge in [0.2, 0.25) is 5.91 Å². The van der Waals surface area contributed by atoms with E-state index in [4.69, 9.17) is 10.5 Å². The average molecular weight is 250 g/mol. The van der Waals surface area contributed by atoms with Crippen LogP contribution in [0.1, 0.15) is 26.3 Å². The summed E-state index contributed by atoms with van der Waals surface area (Å²) in [5, 5.41) is 2.81. The van der Waals surface area contributed by atoms with Crippen LogP contribution in [0.4, 0.5) is 5.69 Å². The van der Waals surface area contributed by atoms with Gasteiger partial charge in [-0.1, -0.05) is 26.8 Å². The molecule has 3 N–H and O–H groups in total. The third-order valence-electron chi connectivity index (χ3n) is 2.83. The Morgan fingerprint density at radius 2 is 2.00 bits per heavy atom. The van der Waals surface area contributed by atoms with Crippen molar-refractivity contribution in [2.24, 2.45) is 11.1 Å². The Hall–Kier alpha value is -1.55. The Labute approximate surface area is 109 Å². The fourth-order valence-electron chi connectivity index (χ4n) is 1.51. The van der Waals surface area contributed by atoms with Gasteiger partial charge in [0.1, 0.15) is 5.75 Å². The van der Waals surface area contributed by atoms with Gasteiger partial charge in [-0.2, -0.15) is 0 Å². The highest BCUT2D eigenvalue weighted by molar-refractivity contribution is 5.96. The van der Waals surface area contributed by atoms with Crippen LogP contribution in [0.15, 0.2) is 18.2 Å². The van der Waals surface area contributed by atoms with Crippen LogP contribution in [0.25, 0.3) is 0 Å². The van der Waals surface area contributed by atoms with Gasteiger partial charge in [0, 0.05) is 0 Å². The van der Waals surface area contributed by atoms with E-state index in [9.17, 15) is 4.79 Å². The molecule has 18 heavy (non-hydrogen) atoms. The van der Waals surface area contributed by atoms with E-state index in [0.29, 0.717) is 11.4 Å². The molecule has 0 bridgehead atoms. The van der Waals surface area contributed by atoms with Gasteiger partial charge in [-0.15, -0.1) is 0 Å². The van der Waals surface area contributed by atoms with Crippen LogP contribution in [0, 0.1) is 12.3 Å². The highest BCUT2D eigenvalue weighted by Crippen LogP contribution is 2.26. The third kappa shape index (κ3) is 3.47. The molecule has 4 heteroatoms. The van der Waals surface area contributed by atoms with Crippen molar-refractivity contribution < 1.29 is 9.53 Å². The summed E-state index contributed by atoms with van der Waals surface area (Å²) in [5.74, 6) is 0.439. The molecule has 0 unspecified atom stereocenters. The predicted molar refractivity (Wildman–Crippen MR) is 73.8 cm³/mol. The molecule has 1 rings (SSSR count). The lowest BCUT2D eigenvalue weighted by Crippen LogP contribution is -2.45. The molecule has 0 fully saturated rings. The molecular formula is C14H22N2O2. The molecule has 0 radical (unpaired) electrons. The average Bonchev–Trinajstić information content (AvgIpc) is 2.29. The number of nitrogens with one attached hydrogen (secondary N) is 1. The number of ether oxygens (including phenoxy) is 1. The molecule has 0 heterocycles. The van der Waals surface area contributed by atoms with Crippen molar-refractivity contribution in [1.82, 2.24) is 0 Å². The third-order valence-corrected chi connectivity index (χ3v) is 2.83. The second-order valence-electron chi connectivity index (χ2n) is 5.54. The van der Waals surface area contributed by atoms with Gasteiger partial charge in [-0.25, -0.2) is 0 Å². The lowest BCUT2D eigenvalue weighted by molar-refractivity contribution is -0.119. The Balaban J connectivity index is 2.88. The van der Waals surface area contributed by atoms with E-state index in [0.717, 1.165) is 5.56 Å². The van der Waals surface area contributed by atoms with Crippen LogP contribution in [0.5, 0.6) is 5.75 Å². The minimum absolute atomic E-state index is 0.204. The molecule has 1 amide bonds. The number of nitrogens with two attached hydrogens (primary N) is 1. The largest absolute Gasteiger partial charge is 0.495 e. The zero-order chi connectivity index (χ0) is 13.9. The zero-order valence-electron chi connectivity index (χ0n) is 11.7. The maximum atomic E-state index is 12.0. The fourth-order valence-corrected chi connectivity index (χ4v) is 1.51. The van der Waals surface area contributed by atoms with Gasteiger partial charge < -0.3 is 15.8 Å². The Morgan fingerprint density at radius 3 is 2.50 bits per heavy atom.